The van der Waals surface area contributed by atoms with Crippen LogP contribution < -0.4 is 10.2 Å². The molecule has 0 fully saturated rings. The van der Waals surface area contributed by atoms with E-state index in [0.717, 1.165) is 27.5 Å². The Bertz CT molecular complexity index is 1350. The molecule has 196 valence electrons. The lowest BCUT2D eigenvalue weighted by Crippen LogP contribution is -2.56. The van der Waals surface area contributed by atoms with Crippen molar-refractivity contribution in [2.24, 2.45) is 0 Å². The maximum atomic E-state index is 13.8. The lowest BCUT2D eigenvalue weighted by atomic mass is 9.93. The lowest BCUT2D eigenvalue weighted by Gasteiger charge is -2.39. The van der Waals surface area contributed by atoms with E-state index in [0.29, 0.717) is 12.1 Å². The van der Waals surface area contributed by atoms with Gasteiger partial charge in [-0.25, -0.2) is 4.98 Å². The van der Waals surface area contributed by atoms with Gasteiger partial charge in [0.05, 0.1) is 18.7 Å². The van der Waals surface area contributed by atoms with Gasteiger partial charge < -0.3 is 15.1 Å². The number of aromatic nitrogens is 1. The number of rotatable bonds is 10. The number of benzene rings is 3. The molecule has 0 spiro atoms. The average molecular weight is 527 g/mol. The minimum atomic E-state index is -1.08. The molecule has 4 aromatic rings. The molecule has 4 rings (SSSR count). The summed E-state index contributed by atoms with van der Waals surface area (Å²) < 4.78 is 0. The SMILES string of the molecule is CCC(C)(C(=O)Nc1ccc(N(C)C)cc1)N(Cc1nc(-c2ccccc2)cs1)C(=O)Cc1ccccc1. The zero-order valence-corrected chi connectivity index (χ0v) is 23.2. The van der Waals surface area contributed by atoms with Crippen LogP contribution in [0.4, 0.5) is 11.4 Å². The van der Waals surface area contributed by atoms with Gasteiger partial charge >= 0.3 is 0 Å². The summed E-state index contributed by atoms with van der Waals surface area (Å²) in [6.45, 7) is 4.03. The Hall–Kier alpha value is -3.97. The molecular formula is C31H34N4O2S. The van der Waals surface area contributed by atoms with E-state index in [2.05, 4.69) is 5.32 Å². The molecule has 0 aliphatic rings. The maximum absolute atomic E-state index is 13.8. The Morgan fingerprint density at radius 1 is 0.921 bits per heavy atom. The molecule has 0 aliphatic carbocycles. The summed E-state index contributed by atoms with van der Waals surface area (Å²) >= 11 is 1.50. The van der Waals surface area contributed by atoms with E-state index >= 15 is 0 Å². The first kappa shape index (κ1) is 27.1. The summed E-state index contributed by atoms with van der Waals surface area (Å²) in [5.41, 5.74) is 3.45. The van der Waals surface area contributed by atoms with Crippen molar-refractivity contribution in [2.45, 2.75) is 38.8 Å². The van der Waals surface area contributed by atoms with Crippen LogP contribution in [0.15, 0.2) is 90.3 Å². The van der Waals surface area contributed by atoms with Crippen molar-refractivity contribution in [2.75, 3.05) is 24.3 Å². The van der Waals surface area contributed by atoms with Gasteiger partial charge in [-0.3, -0.25) is 9.59 Å². The fraction of sp³-hybridized carbons (Fsp3) is 0.258. The third kappa shape index (κ3) is 6.29. The number of carbonyl (C=O) groups excluding carboxylic acids is 2. The molecule has 1 atom stereocenters. The van der Waals surface area contributed by atoms with Gasteiger partial charge in [-0.1, -0.05) is 67.6 Å². The smallest absolute Gasteiger partial charge is 0.250 e. The van der Waals surface area contributed by atoms with Crippen LogP contribution in [0.3, 0.4) is 0 Å². The van der Waals surface area contributed by atoms with E-state index in [1.807, 2.05) is 123 Å². The molecule has 6 nitrogen and oxygen atoms in total. The van der Waals surface area contributed by atoms with Gasteiger partial charge in [-0.15, -0.1) is 11.3 Å². The molecule has 1 unspecified atom stereocenters. The molecule has 2 amide bonds. The van der Waals surface area contributed by atoms with Crippen molar-refractivity contribution < 1.29 is 9.59 Å². The zero-order chi connectivity index (χ0) is 27.1. The molecule has 38 heavy (non-hydrogen) atoms. The molecular weight excluding hydrogens is 492 g/mol. The molecule has 0 bridgehead atoms. The van der Waals surface area contributed by atoms with Gasteiger partial charge in [0.2, 0.25) is 11.8 Å². The lowest BCUT2D eigenvalue weighted by molar-refractivity contribution is -0.145. The molecule has 3 aromatic carbocycles. The Kier molecular flexibility index (Phi) is 8.59. The predicted molar refractivity (Wildman–Crippen MR) is 156 cm³/mol. The second-order valence-corrected chi connectivity index (χ2v) is 10.6. The van der Waals surface area contributed by atoms with Gasteiger partial charge in [0.25, 0.3) is 0 Å². The van der Waals surface area contributed by atoms with Crippen LogP contribution in [0.25, 0.3) is 11.3 Å². The Morgan fingerprint density at radius 3 is 2.16 bits per heavy atom. The third-order valence-electron chi connectivity index (χ3n) is 6.83. The number of thiazole rings is 1. The number of amides is 2. The summed E-state index contributed by atoms with van der Waals surface area (Å²) in [6.07, 6.45) is 0.657. The van der Waals surface area contributed by atoms with Crippen LogP contribution >= 0.6 is 11.3 Å². The van der Waals surface area contributed by atoms with E-state index < -0.39 is 5.54 Å². The molecule has 1 heterocycles. The second kappa shape index (κ2) is 12.0. The highest BCUT2D eigenvalue weighted by atomic mass is 32.1. The van der Waals surface area contributed by atoms with Crippen molar-refractivity contribution in [3.8, 4) is 11.3 Å². The predicted octanol–water partition coefficient (Wildman–Crippen LogP) is 6.25. The second-order valence-electron chi connectivity index (χ2n) is 9.66. The third-order valence-corrected chi connectivity index (χ3v) is 7.66. The molecule has 1 N–H and O–H groups in total. The van der Waals surface area contributed by atoms with Crippen molar-refractivity contribution in [1.82, 2.24) is 9.88 Å². The van der Waals surface area contributed by atoms with Gasteiger partial charge in [-0.2, -0.15) is 0 Å². The number of anilines is 2. The van der Waals surface area contributed by atoms with E-state index in [1.165, 1.54) is 11.3 Å². The number of hydrogen-bond donors (Lipinski definition) is 1. The van der Waals surface area contributed by atoms with E-state index in [-0.39, 0.29) is 24.8 Å². The standard InChI is InChI=1S/C31H34N4O2S/c1-5-31(2,30(37)32-25-16-18-26(19-17-25)34(3)4)35(29(36)20-23-12-8-6-9-13-23)21-28-33-27(22-38-28)24-14-10-7-11-15-24/h6-19,22H,5,20-21H2,1-4H3,(H,32,37). The normalized spacial score (nSPS) is 12.4. The van der Waals surface area contributed by atoms with Crippen LogP contribution in [-0.2, 0) is 22.6 Å². The van der Waals surface area contributed by atoms with Crippen molar-refractivity contribution in [1.29, 1.82) is 0 Å². The average Bonchev–Trinajstić information content (AvgIpc) is 3.41. The monoisotopic (exact) mass is 526 g/mol. The fourth-order valence-corrected chi connectivity index (χ4v) is 5.04. The highest BCUT2D eigenvalue weighted by Crippen LogP contribution is 2.29. The van der Waals surface area contributed by atoms with Crippen molar-refractivity contribution in [3.63, 3.8) is 0 Å². The van der Waals surface area contributed by atoms with Crippen LogP contribution in [-0.4, -0.2) is 41.3 Å². The molecule has 0 radical (unpaired) electrons. The summed E-state index contributed by atoms with van der Waals surface area (Å²) in [5, 5.41) is 5.83. The highest BCUT2D eigenvalue weighted by molar-refractivity contribution is 7.09. The Morgan fingerprint density at radius 2 is 1.55 bits per heavy atom. The number of nitrogens with zero attached hydrogens (tertiary/aromatic N) is 3. The van der Waals surface area contributed by atoms with E-state index in [4.69, 9.17) is 4.98 Å². The largest absolute Gasteiger partial charge is 0.378 e. The summed E-state index contributed by atoms with van der Waals surface area (Å²) in [4.78, 5) is 36.1. The minimum Gasteiger partial charge on any atom is -0.378 e. The number of hydrogen-bond acceptors (Lipinski definition) is 5. The first-order valence-corrected chi connectivity index (χ1v) is 13.6. The quantitative estimate of drug-likeness (QED) is 0.265. The van der Waals surface area contributed by atoms with E-state index in [9.17, 15) is 9.59 Å². The van der Waals surface area contributed by atoms with Gasteiger partial charge in [0.1, 0.15) is 10.5 Å². The Balaban J connectivity index is 1.62. The first-order chi connectivity index (χ1) is 18.3. The van der Waals surface area contributed by atoms with E-state index in [1.54, 1.807) is 4.90 Å². The van der Waals surface area contributed by atoms with Crippen LogP contribution in [0.5, 0.6) is 0 Å². The van der Waals surface area contributed by atoms with Crippen LogP contribution in [0, 0.1) is 0 Å². The Labute approximate surface area is 229 Å². The molecule has 7 heteroatoms. The van der Waals surface area contributed by atoms with Gasteiger partial charge in [0, 0.05) is 36.4 Å². The topological polar surface area (TPSA) is 65.5 Å². The first-order valence-electron chi connectivity index (χ1n) is 12.7. The van der Waals surface area contributed by atoms with Crippen molar-refractivity contribution >= 4 is 34.5 Å². The summed E-state index contributed by atoms with van der Waals surface area (Å²) in [7, 11) is 3.94. The molecule has 0 aliphatic heterocycles. The van der Waals surface area contributed by atoms with Crippen LogP contribution in [0.2, 0.25) is 0 Å². The summed E-state index contributed by atoms with van der Waals surface area (Å²) in [6, 6.07) is 27.3. The molecule has 0 saturated heterocycles. The summed E-state index contributed by atoms with van der Waals surface area (Å²) in [5.74, 6) is -0.339. The maximum Gasteiger partial charge on any atom is 0.250 e. The molecule has 1 aromatic heterocycles. The fourth-order valence-electron chi connectivity index (χ4n) is 4.25. The number of carbonyl (C=O) groups is 2. The molecule has 0 saturated carbocycles. The van der Waals surface area contributed by atoms with Gasteiger partial charge in [-0.05, 0) is 43.2 Å². The minimum absolute atomic E-state index is 0.116. The van der Waals surface area contributed by atoms with Gasteiger partial charge in [0.15, 0.2) is 0 Å². The zero-order valence-electron chi connectivity index (χ0n) is 22.3. The highest BCUT2D eigenvalue weighted by Gasteiger charge is 2.41. The number of nitrogens with one attached hydrogen (secondary N) is 1. The van der Waals surface area contributed by atoms with Crippen LogP contribution in [0.1, 0.15) is 30.8 Å². The van der Waals surface area contributed by atoms with Crippen molar-refractivity contribution in [3.05, 3.63) is 101 Å².